The molecule has 2 rings (SSSR count). The molecule has 0 saturated carbocycles. The number of ether oxygens (including phenoxy) is 1. The maximum atomic E-state index is 12.1. The van der Waals surface area contributed by atoms with Gasteiger partial charge in [-0.05, 0) is 29.2 Å². The zero-order valence-electron chi connectivity index (χ0n) is 15.6. The van der Waals surface area contributed by atoms with Gasteiger partial charge in [-0.25, -0.2) is 0 Å². The van der Waals surface area contributed by atoms with Gasteiger partial charge in [-0.1, -0.05) is 48.9 Å². The molecule has 2 aromatic carbocycles. The first-order valence-corrected chi connectivity index (χ1v) is 9.17. The first kappa shape index (κ1) is 20.4. The van der Waals surface area contributed by atoms with Crippen LogP contribution >= 0.6 is 0 Å². The molecule has 0 aromatic heterocycles. The van der Waals surface area contributed by atoms with Crippen molar-refractivity contribution in [1.29, 1.82) is 0 Å². The first-order chi connectivity index (χ1) is 13.1. The fraction of sp³-hybridized carbons (Fsp3) is 0.381. The monoisotopic (exact) mass is 370 g/mol. The number of carbonyl (C=O) groups excluding carboxylic acids is 3. The molecule has 0 heterocycles. The molecule has 6 nitrogen and oxygen atoms in total. The summed E-state index contributed by atoms with van der Waals surface area (Å²) in [5, 5.41) is 7.56. The van der Waals surface area contributed by atoms with Crippen molar-refractivity contribution in [3.63, 3.8) is 0 Å². The molecule has 0 unspecified atom stereocenters. The number of fused-ring (bicyclic) bond motifs is 1. The minimum Gasteiger partial charge on any atom is -0.469 e. The van der Waals surface area contributed by atoms with Gasteiger partial charge in [0.25, 0.3) is 0 Å². The van der Waals surface area contributed by atoms with Gasteiger partial charge in [0.05, 0.1) is 20.1 Å². The van der Waals surface area contributed by atoms with Crippen LogP contribution in [0.4, 0.5) is 0 Å². The summed E-state index contributed by atoms with van der Waals surface area (Å²) in [5.41, 5.74) is 0.941. The third kappa shape index (κ3) is 7.09. The molecule has 2 amide bonds. The van der Waals surface area contributed by atoms with Crippen LogP contribution < -0.4 is 10.6 Å². The van der Waals surface area contributed by atoms with Gasteiger partial charge in [-0.3, -0.25) is 14.4 Å². The predicted octanol–water partition coefficient (Wildman–Crippen LogP) is 2.35. The number of carbonyl (C=O) groups is 3. The quantitative estimate of drug-likeness (QED) is 0.497. The molecule has 6 heteroatoms. The number of esters is 1. The average molecular weight is 370 g/mol. The van der Waals surface area contributed by atoms with Crippen LogP contribution in [0.1, 0.15) is 31.2 Å². The standard InChI is InChI=1S/C21H26N2O4/c1-27-21(26)12-3-2-6-13-22-20(25)15-23-19(24)14-17-10-7-9-16-8-4-5-11-18(16)17/h4-5,7-11H,2-3,6,12-15H2,1H3,(H,22,25)(H,23,24). The molecule has 0 aliphatic heterocycles. The predicted molar refractivity (Wildman–Crippen MR) is 104 cm³/mol. The van der Waals surface area contributed by atoms with Crippen LogP contribution in [-0.2, 0) is 25.5 Å². The number of methoxy groups -OCH3 is 1. The first-order valence-electron chi connectivity index (χ1n) is 9.17. The van der Waals surface area contributed by atoms with E-state index >= 15 is 0 Å². The lowest BCUT2D eigenvalue weighted by Crippen LogP contribution is -2.37. The van der Waals surface area contributed by atoms with Crippen molar-refractivity contribution in [1.82, 2.24) is 10.6 Å². The Balaban J connectivity index is 1.65. The van der Waals surface area contributed by atoms with Crippen LogP contribution in [0.2, 0.25) is 0 Å². The number of unbranched alkanes of at least 4 members (excludes halogenated alkanes) is 2. The summed E-state index contributed by atoms with van der Waals surface area (Å²) in [7, 11) is 1.37. The van der Waals surface area contributed by atoms with E-state index in [-0.39, 0.29) is 30.7 Å². The normalized spacial score (nSPS) is 10.4. The van der Waals surface area contributed by atoms with Crippen molar-refractivity contribution < 1.29 is 19.1 Å². The lowest BCUT2D eigenvalue weighted by atomic mass is 10.0. The Labute approximate surface area is 159 Å². The molecule has 0 atom stereocenters. The molecule has 0 saturated heterocycles. The van der Waals surface area contributed by atoms with Gasteiger partial charge in [-0.15, -0.1) is 0 Å². The maximum Gasteiger partial charge on any atom is 0.305 e. The number of benzene rings is 2. The highest BCUT2D eigenvalue weighted by molar-refractivity contribution is 5.91. The van der Waals surface area contributed by atoms with Crippen LogP contribution in [0.25, 0.3) is 10.8 Å². The van der Waals surface area contributed by atoms with Crippen molar-refractivity contribution in [3.05, 3.63) is 48.0 Å². The summed E-state index contributed by atoms with van der Waals surface area (Å²) in [5.74, 6) is -0.609. The molecule has 0 spiro atoms. The molecule has 0 bridgehead atoms. The maximum absolute atomic E-state index is 12.1. The smallest absolute Gasteiger partial charge is 0.305 e. The number of amides is 2. The van der Waals surface area contributed by atoms with Gasteiger partial charge >= 0.3 is 5.97 Å². The van der Waals surface area contributed by atoms with Gasteiger partial charge in [-0.2, -0.15) is 0 Å². The number of hydrogen-bond acceptors (Lipinski definition) is 4. The van der Waals surface area contributed by atoms with Crippen molar-refractivity contribution in [2.24, 2.45) is 0 Å². The molecule has 27 heavy (non-hydrogen) atoms. The Morgan fingerprint density at radius 1 is 0.889 bits per heavy atom. The summed E-state index contributed by atoms with van der Waals surface area (Å²) < 4.78 is 4.57. The summed E-state index contributed by atoms with van der Waals surface area (Å²) in [6, 6.07) is 13.8. The van der Waals surface area contributed by atoms with E-state index in [9.17, 15) is 14.4 Å². The Kier molecular flexibility index (Phi) is 8.29. The largest absolute Gasteiger partial charge is 0.469 e. The third-order valence-electron chi connectivity index (χ3n) is 4.28. The van der Waals surface area contributed by atoms with Crippen LogP contribution in [0.3, 0.4) is 0 Å². The molecular weight excluding hydrogens is 344 g/mol. The van der Waals surface area contributed by atoms with E-state index in [4.69, 9.17) is 0 Å². The Morgan fingerprint density at radius 2 is 1.67 bits per heavy atom. The highest BCUT2D eigenvalue weighted by Gasteiger charge is 2.08. The fourth-order valence-electron chi connectivity index (χ4n) is 2.82. The second-order valence-electron chi connectivity index (χ2n) is 6.33. The molecule has 0 radical (unpaired) electrons. The minimum atomic E-state index is -0.215. The zero-order valence-corrected chi connectivity index (χ0v) is 15.6. The van der Waals surface area contributed by atoms with E-state index in [1.807, 2.05) is 42.5 Å². The molecule has 2 aromatic rings. The van der Waals surface area contributed by atoms with Gasteiger partial charge in [0.1, 0.15) is 0 Å². The van der Waals surface area contributed by atoms with Gasteiger partial charge in [0, 0.05) is 13.0 Å². The average Bonchev–Trinajstić information content (AvgIpc) is 2.69. The molecule has 2 N–H and O–H groups in total. The fourth-order valence-corrected chi connectivity index (χ4v) is 2.82. The lowest BCUT2D eigenvalue weighted by Gasteiger charge is -2.09. The van der Waals surface area contributed by atoms with Crippen LogP contribution in [0, 0.1) is 0 Å². The summed E-state index contributed by atoms with van der Waals surface area (Å²) in [6.07, 6.45) is 3.00. The highest BCUT2D eigenvalue weighted by atomic mass is 16.5. The van der Waals surface area contributed by atoms with Crippen molar-refractivity contribution >= 4 is 28.6 Å². The van der Waals surface area contributed by atoms with E-state index in [1.54, 1.807) is 0 Å². The zero-order chi connectivity index (χ0) is 19.5. The molecule has 144 valence electrons. The van der Waals surface area contributed by atoms with Crippen molar-refractivity contribution in [2.75, 3.05) is 20.2 Å². The van der Waals surface area contributed by atoms with Crippen LogP contribution in [0.5, 0.6) is 0 Å². The van der Waals surface area contributed by atoms with Gasteiger partial charge in [0.15, 0.2) is 0 Å². The van der Waals surface area contributed by atoms with E-state index in [1.165, 1.54) is 7.11 Å². The number of nitrogens with one attached hydrogen (secondary N) is 2. The molecule has 0 aliphatic rings. The number of hydrogen-bond donors (Lipinski definition) is 2. The summed E-state index contributed by atoms with van der Waals surface area (Å²) in [4.78, 5) is 34.9. The summed E-state index contributed by atoms with van der Waals surface area (Å²) >= 11 is 0. The molecular formula is C21H26N2O4. The Bertz CT molecular complexity index is 783. The second-order valence-corrected chi connectivity index (χ2v) is 6.33. The van der Waals surface area contributed by atoms with Crippen molar-refractivity contribution in [2.45, 2.75) is 32.1 Å². The molecule has 0 fully saturated rings. The van der Waals surface area contributed by atoms with E-state index < -0.39 is 0 Å². The molecule has 0 aliphatic carbocycles. The Hall–Kier alpha value is -2.89. The van der Waals surface area contributed by atoms with Crippen LogP contribution in [0.15, 0.2) is 42.5 Å². The topological polar surface area (TPSA) is 84.5 Å². The van der Waals surface area contributed by atoms with Gasteiger partial charge in [0.2, 0.25) is 11.8 Å². The highest BCUT2D eigenvalue weighted by Crippen LogP contribution is 2.18. The van der Waals surface area contributed by atoms with Gasteiger partial charge < -0.3 is 15.4 Å². The van der Waals surface area contributed by atoms with E-state index in [0.29, 0.717) is 13.0 Å². The second kappa shape index (κ2) is 11.0. The third-order valence-corrected chi connectivity index (χ3v) is 4.28. The van der Waals surface area contributed by atoms with Crippen LogP contribution in [-0.4, -0.2) is 38.0 Å². The van der Waals surface area contributed by atoms with E-state index in [0.717, 1.165) is 35.6 Å². The van der Waals surface area contributed by atoms with E-state index in [2.05, 4.69) is 15.4 Å². The SMILES string of the molecule is COC(=O)CCCCCNC(=O)CNC(=O)Cc1cccc2ccccc12. The minimum absolute atomic E-state index is 0.0360. The lowest BCUT2D eigenvalue weighted by molar-refractivity contribution is -0.140. The van der Waals surface area contributed by atoms with Crippen molar-refractivity contribution in [3.8, 4) is 0 Å². The summed E-state index contributed by atoms with van der Waals surface area (Å²) in [6.45, 7) is 0.491. The number of rotatable bonds is 10. The Morgan fingerprint density at radius 3 is 2.48 bits per heavy atom.